The zero-order chi connectivity index (χ0) is 20.6. The molecule has 7 nitrogen and oxygen atoms in total. The van der Waals surface area contributed by atoms with Gasteiger partial charge in [-0.05, 0) is 31.5 Å². The molecule has 1 aromatic carbocycles. The lowest BCUT2D eigenvalue weighted by atomic mass is 9.71. The van der Waals surface area contributed by atoms with Gasteiger partial charge in [-0.15, -0.1) is 0 Å². The quantitative estimate of drug-likeness (QED) is 0.831. The van der Waals surface area contributed by atoms with Gasteiger partial charge in [0.25, 0.3) is 5.91 Å². The number of hydrogen-bond donors (Lipinski definition) is 2. The maximum absolute atomic E-state index is 12.5. The van der Waals surface area contributed by atoms with Crippen LogP contribution in [0.15, 0.2) is 30.6 Å². The van der Waals surface area contributed by atoms with E-state index in [2.05, 4.69) is 40.5 Å². The number of nitrogens with zero attached hydrogens (tertiary/aromatic N) is 3. The van der Waals surface area contributed by atoms with Crippen LogP contribution in [-0.4, -0.2) is 35.1 Å². The molecule has 7 heteroatoms. The predicted octanol–water partition coefficient (Wildman–Crippen LogP) is 2.98. The van der Waals surface area contributed by atoms with E-state index < -0.39 is 0 Å². The summed E-state index contributed by atoms with van der Waals surface area (Å²) in [6.07, 6.45) is 4.01. The number of benzene rings is 1. The molecule has 150 valence electrons. The van der Waals surface area contributed by atoms with Gasteiger partial charge in [-0.3, -0.25) is 9.78 Å². The number of nitrogens with one attached hydrogen (secondary N) is 2. The van der Waals surface area contributed by atoms with E-state index in [4.69, 9.17) is 4.74 Å². The number of ether oxygens (including phenoxy) is 1. The van der Waals surface area contributed by atoms with E-state index in [-0.39, 0.29) is 29.4 Å². The number of hydrogen-bond acceptors (Lipinski definition) is 6. The first-order chi connectivity index (χ1) is 13.9. The third-order valence-corrected chi connectivity index (χ3v) is 5.92. The zero-order valence-electron chi connectivity index (χ0n) is 16.9. The lowest BCUT2D eigenvalue weighted by molar-refractivity contribution is 0.0652. The number of amides is 1. The average Bonchev–Trinajstić information content (AvgIpc) is 3.21. The molecule has 1 amide bonds. The van der Waals surface area contributed by atoms with Gasteiger partial charge in [0.1, 0.15) is 5.69 Å². The molecular formula is C22H25N5O2. The third kappa shape index (κ3) is 3.68. The molecule has 2 aromatic rings. The molecule has 0 saturated carbocycles. The smallest absolute Gasteiger partial charge is 0.271 e. The Morgan fingerprint density at radius 2 is 2.21 bits per heavy atom. The highest BCUT2D eigenvalue weighted by Crippen LogP contribution is 2.48. The molecule has 0 spiro atoms. The summed E-state index contributed by atoms with van der Waals surface area (Å²) in [5.41, 5.74) is 3.57. The molecule has 4 rings (SSSR count). The molecule has 3 unspecified atom stereocenters. The van der Waals surface area contributed by atoms with Gasteiger partial charge in [-0.1, -0.05) is 13.8 Å². The number of fused-ring (bicyclic) bond motifs is 3. The lowest BCUT2D eigenvalue weighted by Crippen LogP contribution is -2.51. The van der Waals surface area contributed by atoms with Crippen molar-refractivity contribution in [2.45, 2.75) is 39.3 Å². The summed E-state index contributed by atoms with van der Waals surface area (Å²) in [4.78, 5) is 20.8. The van der Waals surface area contributed by atoms with Gasteiger partial charge < -0.3 is 15.4 Å². The maximum Gasteiger partial charge on any atom is 0.271 e. The Hall–Kier alpha value is -2.98. The van der Waals surface area contributed by atoms with Crippen LogP contribution in [0.1, 0.15) is 53.7 Å². The number of rotatable bonds is 4. The first kappa shape index (κ1) is 19.3. The first-order valence-electron chi connectivity index (χ1n) is 9.88. The van der Waals surface area contributed by atoms with E-state index in [0.29, 0.717) is 24.4 Å². The number of nitriles is 1. The summed E-state index contributed by atoms with van der Waals surface area (Å²) < 4.78 is 6.06. The van der Waals surface area contributed by atoms with Crippen molar-refractivity contribution < 1.29 is 9.53 Å². The van der Waals surface area contributed by atoms with E-state index in [0.717, 1.165) is 23.4 Å². The van der Waals surface area contributed by atoms with Gasteiger partial charge in [-0.2, -0.15) is 5.26 Å². The predicted molar refractivity (Wildman–Crippen MR) is 108 cm³/mol. The topological polar surface area (TPSA) is 99.9 Å². The Morgan fingerprint density at radius 3 is 2.93 bits per heavy atom. The second kappa shape index (κ2) is 7.45. The Kier molecular flexibility index (Phi) is 4.97. The van der Waals surface area contributed by atoms with Crippen molar-refractivity contribution in [3.63, 3.8) is 0 Å². The van der Waals surface area contributed by atoms with Crippen molar-refractivity contribution in [3.8, 4) is 6.07 Å². The van der Waals surface area contributed by atoms with E-state index >= 15 is 0 Å². The van der Waals surface area contributed by atoms with Crippen LogP contribution < -0.4 is 10.6 Å². The summed E-state index contributed by atoms with van der Waals surface area (Å²) in [5.74, 6) is 0.0576. The molecule has 2 N–H and O–H groups in total. The number of carbonyl (C=O) groups excluding carboxylic acids is 1. The molecule has 0 aliphatic carbocycles. The van der Waals surface area contributed by atoms with Gasteiger partial charge in [0.15, 0.2) is 0 Å². The first-order valence-corrected chi connectivity index (χ1v) is 9.88. The van der Waals surface area contributed by atoms with Crippen LogP contribution in [-0.2, 0) is 4.74 Å². The lowest BCUT2D eigenvalue weighted by Gasteiger charge is -2.45. The van der Waals surface area contributed by atoms with Crippen LogP contribution in [0.5, 0.6) is 0 Å². The van der Waals surface area contributed by atoms with Crippen molar-refractivity contribution >= 4 is 11.6 Å². The van der Waals surface area contributed by atoms with Crippen LogP contribution in [0, 0.1) is 29.6 Å². The summed E-state index contributed by atoms with van der Waals surface area (Å²) in [6, 6.07) is 8.03. The molecule has 2 aliphatic rings. The number of carbonyl (C=O) groups is 1. The van der Waals surface area contributed by atoms with E-state index in [1.54, 1.807) is 6.20 Å². The second-order valence-electron chi connectivity index (χ2n) is 8.49. The van der Waals surface area contributed by atoms with Crippen molar-refractivity contribution in [1.29, 1.82) is 5.26 Å². The summed E-state index contributed by atoms with van der Waals surface area (Å²) in [5, 5.41) is 15.9. The minimum atomic E-state index is -0.226. The van der Waals surface area contributed by atoms with Gasteiger partial charge in [0.2, 0.25) is 0 Å². The average molecular weight is 391 g/mol. The SMILES string of the molecule is Cc1cnc(C(=O)NCC(C)(C)C2Nc3ccc(C#N)cc3C3OCCC32)cn1. The monoisotopic (exact) mass is 391 g/mol. The van der Waals surface area contributed by atoms with Gasteiger partial charge in [0, 0.05) is 48.0 Å². The molecule has 0 radical (unpaired) electrons. The minimum absolute atomic E-state index is 0.0255. The fraction of sp³-hybridized carbons (Fsp3) is 0.455. The fourth-order valence-corrected chi connectivity index (χ4v) is 4.33. The molecule has 1 saturated heterocycles. The fourth-order valence-electron chi connectivity index (χ4n) is 4.33. The Labute approximate surface area is 170 Å². The highest BCUT2D eigenvalue weighted by Gasteiger charge is 2.46. The highest BCUT2D eigenvalue weighted by atomic mass is 16.5. The number of anilines is 1. The van der Waals surface area contributed by atoms with Gasteiger partial charge in [-0.25, -0.2) is 4.98 Å². The van der Waals surface area contributed by atoms with E-state index in [1.807, 2.05) is 25.1 Å². The second-order valence-corrected chi connectivity index (χ2v) is 8.49. The van der Waals surface area contributed by atoms with Gasteiger partial charge >= 0.3 is 0 Å². The van der Waals surface area contributed by atoms with E-state index in [1.165, 1.54) is 6.20 Å². The molecule has 2 aliphatic heterocycles. The van der Waals surface area contributed by atoms with Crippen LogP contribution in [0.3, 0.4) is 0 Å². The zero-order valence-corrected chi connectivity index (χ0v) is 16.9. The molecule has 1 fully saturated rings. The van der Waals surface area contributed by atoms with Crippen molar-refractivity contribution in [3.05, 3.63) is 53.1 Å². The summed E-state index contributed by atoms with van der Waals surface area (Å²) in [7, 11) is 0. The minimum Gasteiger partial charge on any atom is -0.381 e. The Bertz CT molecular complexity index is 964. The third-order valence-electron chi connectivity index (χ3n) is 5.92. The number of aromatic nitrogens is 2. The molecule has 0 bridgehead atoms. The van der Waals surface area contributed by atoms with Crippen LogP contribution in [0.2, 0.25) is 0 Å². The molecule has 29 heavy (non-hydrogen) atoms. The molecule has 3 atom stereocenters. The maximum atomic E-state index is 12.5. The molecule has 1 aromatic heterocycles. The van der Waals surface area contributed by atoms with Crippen LogP contribution in [0.4, 0.5) is 5.69 Å². The summed E-state index contributed by atoms with van der Waals surface area (Å²) >= 11 is 0. The molecule has 3 heterocycles. The van der Waals surface area contributed by atoms with Crippen molar-refractivity contribution in [1.82, 2.24) is 15.3 Å². The normalized spacial score (nSPS) is 22.8. The molecular weight excluding hydrogens is 366 g/mol. The van der Waals surface area contributed by atoms with Gasteiger partial charge in [0.05, 0.1) is 29.6 Å². The van der Waals surface area contributed by atoms with E-state index in [9.17, 15) is 10.1 Å². The van der Waals surface area contributed by atoms with Crippen LogP contribution >= 0.6 is 0 Å². The number of aryl methyl sites for hydroxylation is 1. The van der Waals surface area contributed by atoms with Crippen LogP contribution in [0.25, 0.3) is 0 Å². The Balaban J connectivity index is 1.52. The largest absolute Gasteiger partial charge is 0.381 e. The summed E-state index contributed by atoms with van der Waals surface area (Å²) in [6.45, 7) is 7.33. The van der Waals surface area contributed by atoms with Crippen molar-refractivity contribution in [2.75, 3.05) is 18.5 Å². The standard InChI is InChI=1S/C22H25N5O2/c1-13-10-25-18(11-24-13)21(28)26-12-22(2,3)20-15-6-7-29-19(15)16-8-14(9-23)4-5-17(16)27-20/h4-5,8,10-11,15,19-20,27H,6-7,12H2,1-3H3,(H,26,28). The van der Waals surface area contributed by atoms with Crippen molar-refractivity contribution in [2.24, 2.45) is 11.3 Å². The Morgan fingerprint density at radius 1 is 1.38 bits per heavy atom. The highest BCUT2D eigenvalue weighted by molar-refractivity contribution is 5.91.